The fraction of sp³-hybridized carbons (Fsp3) is 0.571. The Labute approximate surface area is 122 Å². The molecular weight excluding hydrogens is 283 g/mol. The van der Waals surface area contributed by atoms with Gasteiger partial charge in [0.15, 0.2) is 0 Å². The summed E-state index contributed by atoms with van der Waals surface area (Å²) in [4.78, 5) is 16.3. The van der Waals surface area contributed by atoms with Crippen LogP contribution >= 0.6 is 23.2 Å². The lowest BCUT2D eigenvalue weighted by atomic mass is 10.1. The van der Waals surface area contributed by atoms with E-state index in [1.54, 1.807) is 6.07 Å². The fourth-order valence-corrected chi connectivity index (χ4v) is 3.24. The number of hydrogen-bond donors (Lipinski definition) is 1. The van der Waals surface area contributed by atoms with E-state index in [1.807, 2.05) is 6.92 Å². The molecule has 19 heavy (non-hydrogen) atoms. The number of amides is 1. The molecule has 0 aromatic carbocycles. The molecule has 2 aliphatic rings. The van der Waals surface area contributed by atoms with Crippen molar-refractivity contribution in [3.05, 3.63) is 27.5 Å². The van der Waals surface area contributed by atoms with Crippen LogP contribution in [0.2, 0.25) is 10.3 Å². The predicted octanol–water partition coefficient (Wildman–Crippen LogP) is 3.62. The molecule has 1 aromatic heterocycles. The first kappa shape index (κ1) is 13.2. The first-order valence-electron chi connectivity index (χ1n) is 6.69. The molecule has 3 rings (SSSR count). The summed E-state index contributed by atoms with van der Waals surface area (Å²) in [6, 6.07) is 1.99. The van der Waals surface area contributed by atoms with Crippen molar-refractivity contribution in [2.45, 2.75) is 38.6 Å². The highest BCUT2D eigenvalue weighted by molar-refractivity contribution is 6.34. The van der Waals surface area contributed by atoms with Crippen molar-refractivity contribution < 1.29 is 4.79 Å². The third-order valence-electron chi connectivity index (χ3n) is 3.93. The molecule has 0 aliphatic heterocycles. The van der Waals surface area contributed by atoms with Crippen LogP contribution in [0.4, 0.5) is 0 Å². The standard InChI is InChI=1S/C14H16Cl2N2O/c1-7-6-10(15)17-13(16)11(7)14(19)18-12(8-2-3-8)9-4-5-9/h6,8-9,12H,2-5H2,1H3,(H,18,19). The number of halogens is 2. The molecule has 2 saturated carbocycles. The molecule has 2 fully saturated rings. The lowest BCUT2D eigenvalue weighted by Gasteiger charge is -2.18. The lowest BCUT2D eigenvalue weighted by Crippen LogP contribution is -2.38. The molecule has 1 N–H and O–H groups in total. The average molecular weight is 299 g/mol. The summed E-state index contributed by atoms with van der Waals surface area (Å²) in [6.45, 7) is 1.83. The Kier molecular flexibility index (Phi) is 3.44. The lowest BCUT2D eigenvalue weighted by molar-refractivity contribution is 0.0925. The van der Waals surface area contributed by atoms with E-state index in [4.69, 9.17) is 23.2 Å². The van der Waals surface area contributed by atoms with E-state index in [0.717, 1.165) is 5.56 Å². The van der Waals surface area contributed by atoms with E-state index >= 15 is 0 Å². The van der Waals surface area contributed by atoms with Crippen molar-refractivity contribution in [1.29, 1.82) is 0 Å². The second-order valence-electron chi connectivity index (χ2n) is 5.60. The van der Waals surface area contributed by atoms with Gasteiger partial charge in [0.25, 0.3) is 5.91 Å². The maximum absolute atomic E-state index is 12.4. The highest BCUT2D eigenvalue weighted by Crippen LogP contribution is 2.44. The van der Waals surface area contributed by atoms with Crippen LogP contribution < -0.4 is 5.32 Å². The van der Waals surface area contributed by atoms with Gasteiger partial charge in [0.05, 0.1) is 5.56 Å². The highest BCUT2D eigenvalue weighted by Gasteiger charge is 2.42. The molecule has 0 saturated heterocycles. The third-order valence-corrected chi connectivity index (χ3v) is 4.39. The molecule has 2 aliphatic carbocycles. The Morgan fingerprint density at radius 3 is 2.37 bits per heavy atom. The number of pyridine rings is 1. The number of aromatic nitrogens is 1. The number of nitrogens with zero attached hydrogens (tertiary/aromatic N) is 1. The molecule has 0 atom stereocenters. The van der Waals surface area contributed by atoms with Gasteiger partial charge in [-0.05, 0) is 56.1 Å². The minimum atomic E-state index is -0.115. The van der Waals surface area contributed by atoms with Gasteiger partial charge in [-0.15, -0.1) is 0 Å². The minimum absolute atomic E-state index is 0.115. The van der Waals surface area contributed by atoms with Gasteiger partial charge in [-0.3, -0.25) is 4.79 Å². The van der Waals surface area contributed by atoms with Gasteiger partial charge in [0.2, 0.25) is 0 Å². The predicted molar refractivity (Wildman–Crippen MR) is 75.7 cm³/mol. The number of carbonyl (C=O) groups is 1. The molecule has 0 spiro atoms. The summed E-state index contributed by atoms with van der Waals surface area (Å²) in [5, 5.41) is 3.66. The van der Waals surface area contributed by atoms with Crippen LogP contribution in [0.5, 0.6) is 0 Å². The monoisotopic (exact) mass is 298 g/mol. The van der Waals surface area contributed by atoms with Crippen molar-refractivity contribution >= 4 is 29.1 Å². The topological polar surface area (TPSA) is 42.0 Å². The summed E-state index contributed by atoms with van der Waals surface area (Å²) < 4.78 is 0. The van der Waals surface area contributed by atoms with Gasteiger partial charge in [0.1, 0.15) is 10.3 Å². The maximum Gasteiger partial charge on any atom is 0.254 e. The largest absolute Gasteiger partial charge is 0.349 e. The molecule has 1 amide bonds. The number of rotatable bonds is 4. The Morgan fingerprint density at radius 2 is 1.89 bits per heavy atom. The van der Waals surface area contributed by atoms with E-state index in [-0.39, 0.29) is 11.1 Å². The molecular formula is C14H16Cl2N2O. The molecule has 5 heteroatoms. The highest BCUT2D eigenvalue weighted by atomic mass is 35.5. The van der Waals surface area contributed by atoms with Crippen molar-refractivity contribution in [3.63, 3.8) is 0 Å². The van der Waals surface area contributed by atoms with Crippen LogP contribution in [0.1, 0.15) is 41.6 Å². The normalized spacial score (nSPS) is 18.7. The van der Waals surface area contributed by atoms with Crippen molar-refractivity contribution in [2.75, 3.05) is 0 Å². The SMILES string of the molecule is Cc1cc(Cl)nc(Cl)c1C(=O)NC(C1CC1)C1CC1. The maximum atomic E-state index is 12.4. The zero-order valence-electron chi connectivity index (χ0n) is 10.7. The first-order chi connectivity index (χ1) is 9.06. The quantitative estimate of drug-likeness (QED) is 0.863. The minimum Gasteiger partial charge on any atom is -0.349 e. The molecule has 0 unspecified atom stereocenters. The second kappa shape index (κ2) is 4.95. The van der Waals surface area contributed by atoms with Crippen LogP contribution in [0.25, 0.3) is 0 Å². The van der Waals surface area contributed by atoms with E-state index in [1.165, 1.54) is 25.7 Å². The molecule has 0 radical (unpaired) electrons. The summed E-state index contributed by atoms with van der Waals surface area (Å²) in [5.74, 6) is 1.21. The third kappa shape index (κ3) is 2.87. The van der Waals surface area contributed by atoms with Gasteiger partial charge < -0.3 is 5.32 Å². The van der Waals surface area contributed by atoms with Gasteiger partial charge in [0, 0.05) is 6.04 Å². The van der Waals surface area contributed by atoms with Crippen LogP contribution in [-0.4, -0.2) is 16.9 Å². The summed E-state index contributed by atoms with van der Waals surface area (Å²) in [5.41, 5.74) is 1.23. The number of hydrogen-bond acceptors (Lipinski definition) is 2. The molecule has 0 bridgehead atoms. The average Bonchev–Trinajstić information content (AvgIpc) is 3.17. The Bertz CT molecular complexity index is 489. The molecule has 3 nitrogen and oxygen atoms in total. The van der Waals surface area contributed by atoms with E-state index < -0.39 is 0 Å². The fourth-order valence-electron chi connectivity index (χ4n) is 2.62. The van der Waals surface area contributed by atoms with Gasteiger partial charge in [-0.2, -0.15) is 0 Å². The Balaban J connectivity index is 1.79. The Morgan fingerprint density at radius 1 is 1.32 bits per heavy atom. The van der Waals surface area contributed by atoms with Crippen LogP contribution in [0.3, 0.4) is 0 Å². The van der Waals surface area contributed by atoms with E-state index in [9.17, 15) is 4.79 Å². The number of nitrogens with one attached hydrogen (secondary N) is 1. The van der Waals surface area contributed by atoms with Gasteiger partial charge in [-0.25, -0.2) is 4.98 Å². The molecule has 1 aromatic rings. The smallest absolute Gasteiger partial charge is 0.254 e. The van der Waals surface area contributed by atoms with Gasteiger partial charge >= 0.3 is 0 Å². The zero-order valence-corrected chi connectivity index (χ0v) is 12.3. The molecule has 102 valence electrons. The van der Waals surface area contributed by atoms with E-state index in [2.05, 4.69) is 10.3 Å². The van der Waals surface area contributed by atoms with Crippen LogP contribution in [0.15, 0.2) is 6.07 Å². The summed E-state index contributed by atoms with van der Waals surface area (Å²) in [6.07, 6.45) is 4.92. The number of aryl methyl sites for hydroxylation is 1. The number of carbonyl (C=O) groups excluding carboxylic acids is 1. The van der Waals surface area contributed by atoms with Gasteiger partial charge in [-0.1, -0.05) is 23.2 Å². The van der Waals surface area contributed by atoms with Crippen molar-refractivity contribution in [3.8, 4) is 0 Å². The van der Waals surface area contributed by atoms with Crippen LogP contribution in [0, 0.1) is 18.8 Å². The first-order valence-corrected chi connectivity index (χ1v) is 7.45. The van der Waals surface area contributed by atoms with Crippen molar-refractivity contribution in [1.82, 2.24) is 10.3 Å². The van der Waals surface area contributed by atoms with E-state index in [0.29, 0.717) is 28.6 Å². The van der Waals surface area contributed by atoms with Crippen LogP contribution in [-0.2, 0) is 0 Å². The summed E-state index contributed by atoms with van der Waals surface area (Å²) in [7, 11) is 0. The van der Waals surface area contributed by atoms with Crippen molar-refractivity contribution in [2.24, 2.45) is 11.8 Å². The zero-order chi connectivity index (χ0) is 13.6. The Hall–Kier alpha value is -0.800. The molecule has 1 heterocycles. The summed E-state index contributed by atoms with van der Waals surface area (Å²) >= 11 is 11.9. The second-order valence-corrected chi connectivity index (χ2v) is 6.35.